The molecule has 1 rings (SSSR count). The van der Waals surface area contributed by atoms with E-state index in [4.69, 9.17) is 4.74 Å². The molecule has 0 radical (unpaired) electrons. The third-order valence-electron chi connectivity index (χ3n) is 3.02. The Morgan fingerprint density at radius 1 is 1.30 bits per heavy atom. The SMILES string of the molecule is C/C(=C\N(C)C)C(=O)C1CCCN1C(=O)OC(C)(C)C. The molecule has 0 aliphatic carbocycles. The minimum absolute atomic E-state index is 0.00191. The lowest BCUT2D eigenvalue weighted by molar-refractivity contribution is -0.119. The lowest BCUT2D eigenvalue weighted by Gasteiger charge is -2.28. The molecule has 0 aromatic rings. The summed E-state index contributed by atoms with van der Waals surface area (Å²) in [5.74, 6) is 0.00191. The highest BCUT2D eigenvalue weighted by molar-refractivity contribution is 6.00. The quantitative estimate of drug-likeness (QED) is 0.746. The number of ketones is 1. The second-order valence-electron chi connectivity index (χ2n) is 6.47. The molecule has 1 atom stereocenters. The maximum Gasteiger partial charge on any atom is 0.410 e. The van der Waals surface area contributed by atoms with Crippen LogP contribution in [0.5, 0.6) is 0 Å². The molecular weight excluding hydrogens is 256 g/mol. The first-order chi connectivity index (χ1) is 9.11. The Labute approximate surface area is 121 Å². The summed E-state index contributed by atoms with van der Waals surface area (Å²) in [4.78, 5) is 27.9. The number of hydrogen-bond acceptors (Lipinski definition) is 4. The zero-order valence-electron chi connectivity index (χ0n) is 13.4. The monoisotopic (exact) mass is 282 g/mol. The first-order valence-electron chi connectivity index (χ1n) is 7.00. The number of amides is 1. The molecule has 1 aliphatic heterocycles. The van der Waals surface area contributed by atoms with Crippen LogP contribution in [0.4, 0.5) is 4.79 Å². The Kier molecular flexibility index (Phi) is 5.20. The van der Waals surface area contributed by atoms with Crippen molar-refractivity contribution in [3.05, 3.63) is 11.8 Å². The number of rotatable bonds is 3. The van der Waals surface area contributed by atoms with Gasteiger partial charge in [0.15, 0.2) is 5.78 Å². The molecule has 0 aromatic carbocycles. The van der Waals surface area contributed by atoms with E-state index in [1.807, 2.05) is 39.8 Å². The van der Waals surface area contributed by atoms with Gasteiger partial charge < -0.3 is 9.64 Å². The number of likely N-dealkylation sites (tertiary alicyclic amines) is 1. The minimum Gasteiger partial charge on any atom is -0.444 e. The van der Waals surface area contributed by atoms with Crippen molar-refractivity contribution < 1.29 is 14.3 Å². The zero-order valence-corrected chi connectivity index (χ0v) is 13.4. The molecule has 0 spiro atoms. The Hall–Kier alpha value is -1.52. The Morgan fingerprint density at radius 3 is 2.40 bits per heavy atom. The maximum absolute atomic E-state index is 12.4. The van der Waals surface area contributed by atoms with E-state index in [1.165, 1.54) is 0 Å². The average molecular weight is 282 g/mol. The number of hydrogen-bond donors (Lipinski definition) is 0. The highest BCUT2D eigenvalue weighted by atomic mass is 16.6. The lowest BCUT2D eigenvalue weighted by atomic mass is 10.0. The molecule has 20 heavy (non-hydrogen) atoms. The fraction of sp³-hybridized carbons (Fsp3) is 0.733. The van der Waals surface area contributed by atoms with Gasteiger partial charge in [0.2, 0.25) is 0 Å². The molecule has 0 saturated carbocycles. The van der Waals surface area contributed by atoms with Crippen LogP contribution < -0.4 is 0 Å². The summed E-state index contributed by atoms with van der Waals surface area (Å²) < 4.78 is 5.37. The van der Waals surface area contributed by atoms with Crippen molar-refractivity contribution in [2.45, 2.75) is 52.2 Å². The summed E-state index contributed by atoms with van der Waals surface area (Å²) in [6, 6.07) is -0.388. The number of carbonyl (C=O) groups is 2. The molecule has 1 aliphatic rings. The van der Waals surface area contributed by atoms with Gasteiger partial charge in [-0.05, 0) is 40.5 Å². The van der Waals surface area contributed by atoms with Gasteiger partial charge in [0.05, 0.1) is 6.04 Å². The largest absolute Gasteiger partial charge is 0.444 e. The van der Waals surface area contributed by atoms with Crippen molar-refractivity contribution in [3.63, 3.8) is 0 Å². The van der Waals surface area contributed by atoms with Crippen LogP contribution in [-0.2, 0) is 9.53 Å². The summed E-state index contributed by atoms with van der Waals surface area (Å²) >= 11 is 0. The molecule has 114 valence electrons. The third kappa shape index (κ3) is 4.54. The van der Waals surface area contributed by atoms with E-state index in [0.717, 1.165) is 6.42 Å². The topological polar surface area (TPSA) is 49.9 Å². The van der Waals surface area contributed by atoms with Gasteiger partial charge in [-0.2, -0.15) is 0 Å². The van der Waals surface area contributed by atoms with Crippen molar-refractivity contribution >= 4 is 11.9 Å². The van der Waals surface area contributed by atoms with E-state index in [2.05, 4.69) is 0 Å². The summed E-state index contributed by atoms with van der Waals surface area (Å²) in [7, 11) is 3.74. The van der Waals surface area contributed by atoms with Gasteiger partial charge in [0.25, 0.3) is 0 Å². The first kappa shape index (κ1) is 16.5. The summed E-state index contributed by atoms with van der Waals surface area (Å²) in [5, 5.41) is 0. The van der Waals surface area contributed by atoms with Crippen LogP contribution in [0.25, 0.3) is 0 Å². The number of Topliss-reactive ketones (excluding diaryl/α,β-unsaturated/α-hetero) is 1. The molecule has 0 N–H and O–H groups in total. The fourth-order valence-electron chi connectivity index (χ4n) is 2.29. The van der Waals surface area contributed by atoms with Crippen LogP contribution in [-0.4, -0.2) is 54.0 Å². The molecule has 5 heteroatoms. The van der Waals surface area contributed by atoms with Crippen molar-refractivity contribution in [3.8, 4) is 0 Å². The number of nitrogens with zero attached hydrogens (tertiary/aromatic N) is 2. The normalized spacial score (nSPS) is 20.0. The minimum atomic E-state index is -0.540. The average Bonchev–Trinajstić information content (AvgIpc) is 2.73. The third-order valence-corrected chi connectivity index (χ3v) is 3.02. The van der Waals surface area contributed by atoms with Crippen LogP contribution in [0.3, 0.4) is 0 Å². The molecule has 1 heterocycles. The van der Waals surface area contributed by atoms with E-state index in [9.17, 15) is 9.59 Å². The predicted molar refractivity (Wildman–Crippen MR) is 78.4 cm³/mol. The summed E-state index contributed by atoms with van der Waals surface area (Å²) in [6.07, 6.45) is 2.93. The lowest BCUT2D eigenvalue weighted by Crippen LogP contribution is -2.43. The van der Waals surface area contributed by atoms with Gasteiger partial charge in [-0.15, -0.1) is 0 Å². The molecular formula is C15H26N2O3. The predicted octanol–water partition coefficient (Wildman–Crippen LogP) is 2.42. The van der Waals surface area contributed by atoms with E-state index in [-0.39, 0.29) is 11.8 Å². The van der Waals surface area contributed by atoms with Crippen LogP contribution in [0.15, 0.2) is 11.8 Å². The van der Waals surface area contributed by atoms with E-state index < -0.39 is 11.7 Å². The van der Waals surface area contributed by atoms with Crippen molar-refractivity contribution in [1.29, 1.82) is 0 Å². The molecule has 0 aromatic heterocycles. The second-order valence-corrected chi connectivity index (χ2v) is 6.47. The number of carbonyl (C=O) groups excluding carboxylic acids is 2. The van der Waals surface area contributed by atoms with Gasteiger partial charge in [-0.1, -0.05) is 0 Å². The first-order valence-corrected chi connectivity index (χ1v) is 7.00. The molecule has 5 nitrogen and oxygen atoms in total. The van der Waals surface area contributed by atoms with Crippen LogP contribution in [0, 0.1) is 0 Å². The number of ether oxygens (including phenoxy) is 1. The zero-order chi connectivity index (χ0) is 15.5. The second kappa shape index (κ2) is 6.29. The Bertz CT molecular complexity index is 408. The van der Waals surface area contributed by atoms with Crippen molar-refractivity contribution in [2.24, 2.45) is 0 Å². The highest BCUT2D eigenvalue weighted by Crippen LogP contribution is 2.23. The highest BCUT2D eigenvalue weighted by Gasteiger charge is 2.36. The Morgan fingerprint density at radius 2 is 1.90 bits per heavy atom. The summed E-state index contributed by atoms with van der Waals surface area (Å²) in [5.41, 5.74) is 0.123. The maximum atomic E-state index is 12.4. The van der Waals surface area contributed by atoms with Gasteiger partial charge in [0.1, 0.15) is 5.60 Å². The molecule has 0 bridgehead atoms. The van der Waals surface area contributed by atoms with Gasteiger partial charge in [-0.3, -0.25) is 9.69 Å². The van der Waals surface area contributed by atoms with Gasteiger partial charge >= 0.3 is 6.09 Å². The van der Waals surface area contributed by atoms with Gasteiger partial charge in [-0.25, -0.2) is 4.79 Å². The van der Waals surface area contributed by atoms with E-state index in [1.54, 1.807) is 18.0 Å². The van der Waals surface area contributed by atoms with Crippen LogP contribution in [0.2, 0.25) is 0 Å². The van der Waals surface area contributed by atoms with Crippen LogP contribution >= 0.6 is 0 Å². The standard InChI is InChI=1S/C15H26N2O3/c1-11(10-16(5)6)13(18)12-8-7-9-17(12)14(19)20-15(2,3)4/h10,12H,7-9H2,1-6H3/b11-10+. The molecule has 1 amide bonds. The van der Waals surface area contributed by atoms with Crippen molar-refractivity contribution in [2.75, 3.05) is 20.6 Å². The fourth-order valence-corrected chi connectivity index (χ4v) is 2.29. The van der Waals surface area contributed by atoms with Gasteiger partial charge in [0, 0.05) is 32.4 Å². The Balaban J connectivity index is 2.80. The molecule has 1 fully saturated rings. The molecule has 1 saturated heterocycles. The smallest absolute Gasteiger partial charge is 0.410 e. The van der Waals surface area contributed by atoms with Crippen molar-refractivity contribution in [1.82, 2.24) is 9.80 Å². The molecule has 1 unspecified atom stereocenters. The van der Waals surface area contributed by atoms with Crippen LogP contribution in [0.1, 0.15) is 40.5 Å². The van der Waals surface area contributed by atoms with E-state index >= 15 is 0 Å². The summed E-state index contributed by atoms with van der Waals surface area (Å²) in [6.45, 7) is 7.85. The van der Waals surface area contributed by atoms with E-state index in [0.29, 0.717) is 18.5 Å².